The number of carbonyl (C=O) groups is 1. The Bertz CT molecular complexity index is 993. The third-order valence-electron chi connectivity index (χ3n) is 4.01. The predicted molar refractivity (Wildman–Crippen MR) is 120 cm³/mol. The molecule has 0 radical (unpaired) electrons. The molecule has 0 aliphatic carbocycles. The molecule has 0 bridgehead atoms. The van der Waals surface area contributed by atoms with Gasteiger partial charge in [0.1, 0.15) is 12.4 Å². The highest BCUT2D eigenvalue weighted by Crippen LogP contribution is 2.20. The van der Waals surface area contributed by atoms with Crippen molar-refractivity contribution in [1.29, 1.82) is 0 Å². The lowest BCUT2D eigenvalue weighted by Gasteiger charge is -2.12. The summed E-state index contributed by atoms with van der Waals surface area (Å²) >= 11 is 8.69. The first kappa shape index (κ1) is 20.0. The van der Waals surface area contributed by atoms with Crippen LogP contribution in [0.25, 0.3) is 0 Å². The minimum Gasteiger partial charge on any atom is -0.489 e. The van der Waals surface area contributed by atoms with E-state index in [4.69, 9.17) is 17.0 Å². The molecular formula is C22H19BrN2O2S. The van der Waals surface area contributed by atoms with Crippen molar-refractivity contribution < 1.29 is 9.53 Å². The smallest absolute Gasteiger partial charge is 0.257 e. The van der Waals surface area contributed by atoms with Crippen LogP contribution in [-0.2, 0) is 6.61 Å². The predicted octanol–water partition coefficient (Wildman–Crippen LogP) is 5.46. The second kappa shape index (κ2) is 9.48. The fourth-order valence-corrected chi connectivity index (χ4v) is 3.24. The highest BCUT2D eigenvalue weighted by atomic mass is 79.9. The third-order valence-corrected chi connectivity index (χ3v) is 4.71. The van der Waals surface area contributed by atoms with Crippen LogP contribution in [0, 0.1) is 6.92 Å². The Balaban J connectivity index is 1.60. The number of amides is 1. The lowest BCUT2D eigenvalue weighted by Crippen LogP contribution is -2.34. The number of nitrogens with one attached hydrogen (secondary N) is 2. The van der Waals surface area contributed by atoms with Gasteiger partial charge in [0.25, 0.3) is 5.91 Å². The number of hydrogen-bond acceptors (Lipinski definition) is 3. The number of halogens is 1. The maximum atomic E-state index is 12.5. The van der Waals surface area contributed by atoms with Gasteiger partial charge in [0, 0.05) is 15.7 Å². The van der Waals surface area contributed by atoms with E-state index in [1.807, 2.05) is 61.5 Å². The quantitative estimate of drug-likeness (QED) is 0.502. The summed E-state index contributed by atoms with van der Waals surface area (Å²) < 4.78 is 6.76. The standard InChI is InChI=1S/C22H19BrN2O2S/c1-15-12-18(23)10-11-20(15)24-22(28)25-21(26)17-8-5-9-19(13-17)27-14-16-6-3-2-4-7-16/h2-13H,14H2,1H3,(H2,24,25,26,28). The molecule has 3 rings (SSSR count). The molecule has 0 spiro atoms. The Hall–Kier alpha value is -2.70. The molecule has 0 aromatic heterocycles. The normalized spacial score (nSPS) is 10.2. The fraction of sp³-hybridized carbons (Fsp3) is 0.0909. The van der Waals surface area contributed by atoms with Crippen molar-refractivity contribution >= 4 is 44.9 Å². The molecule has 4 nitrogen and oxygen atoms in total. The van der Waals surface area contributed by atoms with Crippen molar-refractivity contribution in [2.45, 2.75) is 13.5 Å². The zero-order valence-electron chi connectivity index (χ0n) is 15.2. The lowest BCUT2D eigenvalue weighted by atomic mass is 10.2. The van der Waals surface area contributed by atoms with E-state index in [2.05, 4.69) is 26.6 Å². The second-order valence-corrected chi connectivity index (χ2v) is 7.49. The van der Waals surface area contributed by atoms with Crippen molar-refractivity contribution in [2.24, 2.45) is 0 Å². The van der Waals surface area contributed by atoms with Gasteiger partial charge < -0.3 is 10.1 Å². The monoisotopic (exact) mass is 454 g/mol. The van der Waals surface area contributed by atoms with Crippen LogP contribution in [0.5, 0.6) is 5.75 Å². The molecule has 0 unspecified atom stereocenters. The minimum absolute atomic E-state index is 0.242. The zero-order chi connectivity index (χ0) is 19.9. The summed E-state index contributed by atoms with van der Waals surface area (Å²) in [5.74, 6) is 0.330. The summed E-state index contributed by atoms with van der Waals surface area (Å²) in [5, 5.41) is 5.99. The molecule has 0 atom stereocenters. The number of ether oxygens (including phenoxy) is 1. The van der Waals surface area contributed by atoms with Gasteiger partial charge >= 0.3 is 0 Å². The van der Waals surface area contributed by atoms with Crippen LogP contribution in [0.1, 0.15) is 21.5 Å². The Morgan fingerprint density at radius 2 is 1.82 bits per heavy atom. The molecule has 142 valence electrons. The first-order valence-corrected chi connectivity index (χ1v) is 9.86. The molecule has 3 aromatic carbocycles. The van der Waals surface area contributed by atoms with Crippen LogP contribution in [-0.4, -0.2) is 11.0 Å². The van der Waals surface area contributed by atoms with Crippen LogP contribution in [0.3, 0.4) is 0 Å². The van der Waals surface area contributed by atoms with Gasteiger partial charge in [-0.3, -0.25) is 10.1 Å². The van der Waals surface area contributed by atoms with Crippen LogP contribution < -0.4 is 15.4 Å². The summed E-state index contributed by atoms with van der Waals surface area (Å²) in [6.07, 6.45) is 0. The van der Waals surface area contributed by atoms with Gasteiger partial charge in [0.2, 0.25) is 0 Å². The average Bonchev–Trinajstić information content (AvgIpc) is 2.69. The van der Waals surface area contributed by atoms with E-state index < -0.39 is 0 Å². The van der Waals surface area contributed by atoms with Gasteiger partial charge in [-0.05, 0) is 66.7 Å². The van der Waals surface area contributed by atoms with Crippen molar-refractivity contribution in [2.75, 3.05) is 5.32 Å². The molecule has 6 heteroatoms. The number of anilines is 1. The van der Waals surface area contributed by atoms with Crippen molar-refractivity contribution in [3.8, 4) is 5.75 Å². The molecule has 3 aromatic rings. The van der Waals surface area contributed by atoms with Gasteiger partial charge in [-0.1, -0.05) is 52.3 Å². The van der Waals surface area contributed by atoms with E-state index in [-0.39, 0.29) is 11.0 Å². The largest absolute Gasteiger partial charge is 0.489 e. The minimum atomic E-state index is -0.294. The highest BCUT2D eigenvalue weighted by Gasteiger charge is 2.10. The lowest BCUT2D eigenvalue weighted by molar-refractivity contribution is 0.0977. The van der Waals surface area contributed by atoms with Crippen LogP contribution in [0.4, 0.5) is 5.69 Å². The van der Waals surface area contributed by atoms with E-state index >= 15 is 0 Å². The first-order valence-electron chi connectivity index (χ1n) is 8.66. The molecule has 0 aliphatic heterocycles. The van der Waals surface area contributed by atoms with E-state index in [0.717, 1.165) is 21.3 Å². The summed E-state index contributed by atoms with van der Waals surface area (Å²) in [5.41, 5.74) is 3.39. The highest BCUT2D eigenvalue weighted by molar-refractivity contribution is 9.10. The third kappa shape index (κ3) is 5.65. The van der Waals surface area contributed by atoms with Crippen LogP contribution in [0.2, 0.25) is 0 Å². The molecule has 1 amide bonds. The maximum absolute atomic E-state index is 12.5. The van der Waals surface area contributed by atoms with E-state index in [1.165, 1.54) is 0 Å². The maximum Gasteiger partial charge on any atom is 0.257 e. The van der Waals surface area contributed by atoms with Crippen LogP contribution >= 0.6 is 28.1 Å². The molecule has 0 aliphatic rings. The molecular weight excluding hydrogens is 436 g/mol. The Labute approximate surface area is 178 Å². The molecule has 0 fully saturated rings. The zero-order valence-corrected chi connectivity index (χ0v) is 17.6. The fourth-order valence-electron chi connectivity index (χ4n) is 2.56. The van der Waals surface area contributed by atoms with Gasteiger partial charge in [0.15, 0.2) is 5.11 Å². The number of carbonyl (C=O) groups excluding carboxylic acids is 1. The summed E-state index contributed by atoms with van der Waals surface area (Å²) in [7, 11) is 0. The van der Waals surface area contributed by atoms with E-state index in [9.17, 15) is 4.79 Å². The number of aryl methyl sites for hydroxylation is 1. The number of benzene rings is 3. The Morgan fingerprint density at radius 1 is 1.04 bits per heavy atom. The van der Waals surface area contributed by atoms with Gasteiger partial charge in [0.05, 0.1) is 0 Å². The number of rotatable bonds is 5. The second-order valence-electron chi connectivity index (χ2n) is 6.17. The summed E-state index contributed by atoms with van der Waals surface area (Å²) in [6.45, 7) is 2.40. The van der Waals surface area contributed by atoms with Gasteiger partial charge in [-0.2, -0.15) is 0 Å². The van der Waals surface area contributed by atoms with Crippen molar-refractivity contribution in [3.63, 3.8) is 0 Å². The molecule has 0 saturated heterocycles. The van der Waals surface area contributed by atoms with Gasteiger partial charge in [-0.25, -0.2) is 0 Å². The topological polar surface area (TPSA) is 50.4 Å². The first-order chi connectivity index (χ1) is 13.5. The van der Waals surface area contributed by atoms with Crippen molar-refractivity contribution in [1.82, 2.24) is 5.32 Å². The molecule has 0 saturated carbocycles. The Morgan fingerprint density at radius 3 is 2.57 bits per heavy atom. The van der Waals surface area contributed by atoms with E-state index in [0.29, 0.717) is 17.9 Å². The van der Waals surface area contributed by atoms with E-state index in [1.54, 1.807) is 18.2 Å². The average molecular weight is 455 g/mol. The summed E-state index contributed by atoms with van der Waals surface area (Å²) in [4.78, 5) is 12.5. The van der Waals surface area contributed by atoms with Crippen LogP contribution in [0.15, 0.2) is 77.3 Å². The number of thiocarbonyl (C=S) groups is 1. The SMILES string of the molecule is Cc1cc(Br)ccc1NC(=S)NC(=O)c1cccc(OCc2ccccc2)c1. The van der Waals surface area contributed by atoms with Gasteiger partial charge in [-0.15, -0.1) is 0 Å². The number of hydrogen-bond donors (Lipinski definition) is 2. The molecule has 0 heterocycles. The Kier molecular flexibility index (Phi) is 6.79. The molecule has 28 heavy (non-hydrogen) atoms. The molecule has 2 N–H and O–H groups in total. The summed E-state index contributed by atoms with van der Waals surface area (Å²) in [6, 6.07) is 22.7. The van der Waals surface area contributed by atoms with Crippen molar-refractivity contribution in [3.05, 3.63) is 94.0 Å².